The van der Waals surface area contributed by atoms with Gasteiger partial charge in [-0.15, -0.1) is 0 Å². The van der Waals surface area contributed by atoms with E-state index in [9.17, 15) is 4.79 Å². The molecule has 1 saturated heterocycles. The Bertz CT molecular complexity index is 440. The van der Waals surface area contributed by atoms with Crippen molar-refractivity contribution in [2.24, 2.45) is 0 Å². The Morgan fingerprint density at radius 1 is 1.47 bits per heavy atom. The van der Waals surface area contributed by atoms with Crippen LogP contribution in [0.2, 0.25) is 0 Å². The molecule has 1 aliphatic heterocycles. The molecule has 1 aromatic rings. The monoisotopic (exact) mass is 263 g/mol. The Hall–Kier alpha value is -1.62. The third-order valence-electron chi connectivity index (χ3n) is 3.14. The van der Waals surface area contributed by atoms with Crippen molar-refractivity contribution in [3.63, 3.8) is 0 Å². The Kier molecular flexibility index (Phi) is 4.37. The van der Waals surface area contributed by atoms with E-state index in [0.717, 1.165) is 18.9 Å². The number of rotatable bonds is 3. The fraction of sp³-hybridized carbons (Fsp3) is 0.571. The Morgan fingerprint density at radius 2 is 2.16 bits per heavy atom. The van der Waals surface area contributed by atoms with Crippen molar-refractivity contribution in [3.8, 4) is 0 Å². The molecule has 2 atom stereocenters. The smallest absolute Gasteiger partial charge is 0.341 e. The van der Waals surface area contributed by atoms with Gasteiger partial charge in [0.2, 0.25) is 0 Å². The number of nitrogens with one attached hydrogen (secondary N) is 1. The van der Waals surface area contributed by atoms with Gasteiger partial charge in [-0.1, -0.05) is 0 Å². The number of esters is 1. The quantitative estimate of drug-likeness (QED) is 0.836. The molecular weight excluding hydrogens is 242 g/mol. The van der Waals surface area contributed by atoms with Crippen molar-refractivity contribution in [2.45, 2.75) is 32.9 Å². The molecule has 0 aromatic carbocycles. The fourth-order valence-corrected chi connectivity index (χ4v) is 2.52. The molecule has 1 N–H and O–H groups in total. The lowest BCUT2D eigenvalue weighted by atomic mass is 10.1. The van der Waals surface area contributed by atoms with E-state index in [0.29, 0.717) is 24.3 Å². The molecule has 1 fully saturated rings. The van der Waals surface area contributed by atoms with Crippen LogP contribution >= 0.6 is 0 Å². The predicted molar refractivity (Wildman–Crippen MR) is 74.5 cm³/mol. The molecule has 2 rings (SSSR count). The van der Waals surface area contributed by atoms with Crippen molar-refractivity contribution in [1.82, 2.24) is 10.3 Å². The van der Waals surface area contributed by atoms with E-state index in [2.05, 4.69) is 29.0 Å². The zero-order valence-corrected chi connectivity index (χ0v) is 11.7. The van der Waals surface area contributed by atoms with E-state index >= 15 is 0 Å². The molecule has 1 aromatic heterocycles. The Balaban J connectivity index is 2.26. The summed E-state index contributed by atoms with van der Waals surface area (Å²) in [5, 5.41) is 3.47. The number of hydrogen-bond acceptors (Lipinski definition) is 5. The van der Waals surface area contributed by atoms with Crippen molar-refractivity contribution in [3.05, 3.63) is 23.9 Å². The minimum absolute atomic E-state index is 0.301. The van der Waals surface area contributed by atoms with Crippen LogP contribution < -0.4 is 10.2 Å². The summed E-state index contributed by atoms with van der Waals surface area (Å²) < 4.78 is 5.09. The summed E-state index contributed by atoms with van der Waals surface area (Å²) in [4.78, 5) is 18.5. The van der Waals surface area contributed by atoms with Crippen LogP contribution in [0, 0.1) is 0 Å². The lowest BCUT2D eigenvalue weighted by molar-refractivity contribution is 0.0526. The van der Waals surface area contributed by atoms with Gasteiger partial charge in [0.1, 0.15) is 11.4 Å². The SMILES string of the molecule is CCOC(=O)c1cccnc1N1CC(C)NC(C)C1. The van der Waals surface area contributed by atoms with Gasteiger partial charge in [-0.3, -0.25) is 0 Å². The minimum atomic E-state index is -0.301. The summed E-state index contributed by atoms with van der Waals surface area (Å²) in [5.74, 6) is 0.422. The lowest BCUT2D eigenvalue weighted by Gasteiger charge is -2.37. The van der Waals surface area contributed by atoms with Crippen LogP contribution in [-0.2, 0) is 4.74 Å². The van der Waals surface area contributed by atoms with Crippen LogP contribution in [-0.4, -0.2) is 42.7 Å². The van der Waals surface area contributed by atoms with Crippen LogP contribution in [0.25, 0.3) is 0 Å². The summed E-state index contributed by atoms with van der Waals surface area (Å²) in [6.07, 6.45) is 1.72. The normalized spacial score (nSPS) is 23.2. The second kappa shape index (κ2) is 6.02. The highest BCUT2D eigenvalue weighted by molar-refractivity contribution is 5.94. The largest absolute Gasteiger partial charge is 0.462 e. The molecule has 2 heterocycles. The molecule has 2 unspecified atom stereocenters. The summed E-state index contributed by atoms with van der Waals surface area (Å²) in [7, 11) is 0. The molecule has 0 aliphatic carbocycles. The van der Waals surface area contributed by atoms with Gasteiger partial charge in [0, 0.05) is 31.4 Å². The van der Waals surface area contributed by atoms with E-state index in [-0.39, 0.29) is 5.97 Å². The highest BCUT2D eigenvalue weighted by Gasteiger charge is 2.25. The number of anilines is 1. The second-order valence-corrected chi connectivity index (χ2v) is 4.97. The van der Waals surface area contributed by atoms with Gasteiger partial charge in [-0.05, 0) is 32.9 Å². The van der Waals surface area contributed by atoms with Gasteiger partial charge in [0.15, 0.2) is 0 Å². The number of pyridine rings is 1. The molecule has 19 heavy (non-hydrogen) atoms. The zero-order valence-electron chi connectivity index (χ0n) is 11.7. The number of nitrogens with zero attached hydrogens (tertiary/aromatic N) is 2. The van der Waals surface area contributed by atoms with E-state index in [1.165, 1.54) is 0 Å². The van der Waals surface area contributed by atoms with Gasteiger partial charge in [-0.2, -0.15) is 0 Å². The van der Waals surface area contributed by atoms with Crippen LogP contribution in [0.15, 0.2) is 18.3 Å². The van der Waals surface area contributed by atoms with Crippen molar-refractivity contribution in [2.75, 3.05) is 24.6 Å². The zero-order chi connectivity index (χ0) is 13.8. The predicted octanol–water partition coefficient (Wildman–Crippen LogP) is 1.44. The van der Waals surface area contributed by atoms with E-state index in [1.54, 1.807) is 18.3 Å². The van der Waals surface area contributed by atoms with E-state index in [4.69, 9.17) is 4.74 Å². The molecular formula is C14H21N3O2. The first-order chi connectivity index (χ1) is 9.11. The minimum Gasteiger partial charge on any atom is -0.462 e. The van der Waals surface area contributed by atoms with Gasteiger partial charge in [-0.25, -0.2) is 9.78 Å². The number of carbonyl (C=O) groups is 1. The third-order valence-corrected chi connectivity index (χ3v) is 3.14. The Morgan fingerprint density at radius 3 is 2.79 bits per heavy atom. The number of hydrogen-bond donors (Lipinski definition) is 1. The van der Waals surface area contributed by atoms with Crippen molar-refractivity contribution in [1.29, 1.82) is 0 Å². The van der Waals surface area contributed by atoms with Crippen molar-refractivity contribution < 1.29 is 9.53 Å². The van der Waals surface area contributed by atoms with Gasteiger partial charge < -0.3 is 15.0 Å². The molecule has 0 spiro atoms. The fourth-order valence-electron chi connectivity index (χ4n) is 2.52. The highest BCUT2D eigenvalue weighted by atomic mass is 16.5. The van der Waals surface area contributed by atoms with E-state index in [1.807, 2.05) is 6.92 Å². The molecule has 0 amide bonds. The van der Waals surface area contributed by atoms with Gasteiger partial charge in [0.05, 0.1) is 6.61 Å². The molecule has 104 valence electrons. The van der Waals surface area contributed by atoms with Gasteiger partial charge >= 0.3 is 5.97 Å². The van der Waals surface area contributed by atoms with Gasteiger partial charge in [0.25, 0.3) is 0 Å². The highest BCUT2D eigenvalue weighted by Crippen LogP contribution is 2.20. The first-order valence-electron chi connectivity index (χ1n) is 6.75. The molecule has 0 bridgehead atoms. The van der Waals surface area contributed by atoms with Crippen LogP contribution in [0.4, 0.5) is 5.82 Å². The maximum absolute atomic E-state index is 12.0. The number of piperazine rings is 1. The van der Waals surface area contributed by atoms with Crippen LogP contribution in [0.5, 0.6) is 0 Å². The van der Waals surface area contributed by atoms with Crippen molar-refractivity contribution >= 4 is 11.8 Å². The summed E-state index contributed by atoms with van der Waals surface area (Å²) in [6, 6.07) is 4.30. The topological polar surface area (TPSA) is 54.5 Å². The molecule has 0 saturated carbocycles. The molecule has 5 heteroatoms. The average Bonchev–Trinajstić information content (AvgIpc) is 2.38. The number of carbonyl (C=O) groups excluding carboxylic acids is 1. The third kappa shape index (κ3) is 3.23. The maximum Gasteiger partial charge on any atom is 0.341 e. The number of ether oxygens (including phenoxy) is 1. The first kappa shape index (κ1) is 13.8. The summed E-state index contributed by atoms with van der Waals surface area (Å²) >= 11 is 0. The van der Waals surface area contributed by atoms with Crippen LogP contribution in [0.3, 0.4) is 0 Å². The molecule has 1 aliphatic rings. The molecule has 5 nitrogen and oxygen atoms in total. The summed E-state index contributed by atoms with van der Waals surface area (Å²) in [6.45, 7) is 8.14. The van der Waals surface area contributed by atoms with E-state index < -0.39 is 0 Å². The first-order valence-corrected chi connectivity index (χ1v) is 6.75. The maximum atomic E-state index is 12.0. The average molecular weight is 263 g/mol. The molecule has 0 radical (unpaired) electrons. The number of aromatic nitrogens is 1. The van der Waals surface area contributed by atoms with Crippen LogP contribution in [0.1, 0.15) is 31.1 Å². The second-order valence-electron chi connectivity index (χ2n) is 4.97. The Labute approximate surface area is 114 Å². The lowest BCUT2D eigenvalue weighted by Crippen LogP contribution is -2.54. The standard InChI is InChI=1S/C14H21N3O2/c1-4-19-14(18)12-6-5-7-15-13(12)17-8-10(2)16-11(3)9-17/h5-7,10-11,16H,4,8-9H2,1-3H3. The summed E-state index contributed by atoms with van der Waals surface area (Å²) in [5.41, 5.74) is 0.547.